The molecule has 3 aromatic rings. The average molecular weight is 329 g/mol. The Morgan fingerprint density at radius 2 is 1.40 bits per heavy atom. The summed E-state index contributed by atoms with van der Waals surface area (Å²) in [5.41, 5.74) is 5.86. The van der Waals surface area contributed by atoms with Crippen molar-refractivity contribution in [2.45, 2.75) is 51.4 Å². The van der Waals surface area contributed by atoms with E-state index < -0.39 is 0 Å². The maximum Gasteiger partial charge on any atom is 0.0463 e. The lowest BCUT2D eigenvalue weighted by molar-refractivity contribution is 0.332. The molecule has 0 radical (unpaired) electrons. The molecule has 3 aromatic carbocycles. The van der Waals surface area contributed by atoms with Gasteiger partial charge in [0, 0.05) is 16.8 Å². The second-order valence-corrected chi connectivity index (χ2v) is 8.68. The summed E-state index contributed by atoms with van der Waals surface area (Å²) in [6.07, 6.45) is 2.49. The number of nitrogens with one attached hydrogen (secondary N) is 1. The van der Waals surface area contributed by atoms with E-state index in [-0.39, 0.29) is 10.8 Å². The highest BCUT2D eigenvalue weighted by Crippen LogP contribution is 2.46. The zero-order chi connectivity index (χ0) is 17.7. The molecule has 0 heterocycles. The van der Waals surface area contributed by atoms with Gasteiger partial charge in [-0.05, 0) is 58.4 Å². The van der Waals surface area contributed by atoms with Crippen molar-refractivity contribution in [1.82, 2.24) is 0 Å². The van der Waals surface area contributed by atoms with Crippen LogP contribution in [0.3, 0.4) is 0 Å². The van der Waals surface area contributed by atoms with Crippen LogP contribution in [-0.4, -0.2) is 0 Å². The van der Waals surface area contributed by atoms with E-state index in [4.69, 9.17) is 0 Å². The van der Waals surface area contributed by atoms with Gasteiger partial charge < -0.3 is 5.32 Å². The van der Waals surface area contributed by atoms with Crippen LogP contribution in [0, 0.1) is 0 Å². The van der Waals surface area contributed by atoms with E-state index in [0.717, 1.165) is 0 Å². The number of rotatable bonds is 2. The molecule has 128 valence electrons. The van der Waals surface area contributed by atoms with Gasteiger partial charge in [-0.3, -0.25) is 0 Å². The fourth-order valence-corrected chi connectivity index (χ4v) is 4.16. The molecule has 1 heteroatoms. The van der Waals surface area contributed by atoms with Crippen molar-refractivity contribution in [3.05, 3.63) is 71.8 Å². The molecule has 0 unspecified atom stereocenters. The lowest BCUT2D eigenvalue weighted by Crippen LogP contribution is -2.33. The van der Waals surface area contributed by atoms with Crippen LogP contribution in [0.5, 0.6) is 0 Å². The minimum absolute atomic E-state index is 0.237. The van der Waals surface area contributed by atoms with Crippen LogP contribution < -0.4 is 5.32 Å². The van der Waals surface area contributed by atoms with Gasteiger partial charge in [-0.1, -0.05) is 70.2 Å². The first kappa shape index (κ1) is 16.2. The molecule has 4 rings (SSSR count). The van der Waals surface area contributed by atoms with Crippen molar-refractivity contribution in [2.75, 3.05) is 5.32 Å². The Balaban J connectivity index is 1.77. The molecule has 0 saturated carbocycles. The minimum Gasteiger partial charge on any atom is -0.355 e. The lowest BCUT2D eigenvalue weighted by atomic mass is 9.63. The maximum atomic E-state index is 3.66. The van der Waals surface area contributed by atoms with E-state index in [2.05, 4.69) is 93.7 Å². The first-order valence-corrected chi connectivity index (χ1v) is 9.27. The SMILES string of the molecule is CC1(C)CCC(C)(C)c2cc(Nc3cccc4ccccc34)ccc21. The first-order chi connectivity index (χ1) is 11.9. The Morgan fingerprint density at radius 1 is 0.720 bits per heavy atom. The van der Waals surface area contributed by atoms with Crippen molar-refractivity contribution in [1.29, 1.82) is 0 Å². The van der Waals surface area contributed by atoms with E-state index >= 15 is 0 Å². The van der Waals surface area contributed by atoms with Crippen LogP contribution in [0.1, 0.15) is 51.7 Å². The Bertz CT molecular complexity index is 928. The molecule has 0 bridgehead atoms. The summed E-state index contributed by atoms with van der Waals surface area (Å²) in [5, 5.41) is 6.20. The van der Waals surface area contributed by atoms with E-state index in [9.17, 15) is 0 Å². The van der Waals surface area contributed by atoms with Gasteiger partial charge in [-0.15, -0.1) is 0 Å². The topological polar surface area (TPSA) is 12.0 Å². The predicted octanol–water partition coefficient (Wildman–Crippen LogP) is 6.93. The van der Waals surface area contributed by atoms with Crippen LogP contribution in [0.4, 0.5) is 11.4 Å². The molecule has 1 nitrogen and oxygen atoms in total. The number of fused-ring (bicyclic) bond motifs is 2. The van der Waals surface area contributed by atoms with Crippen LogP contribution >= 0.6 is 0 Å². The Morgan fingerprint density at radius 3 is 2.20 bits per heavy atom. The third kappa shape index (κ3) is 2.82. The molecule has 0 spiro atoms. The van der Waals surface area contributed by atoms with Crippen LogP contribution in [-0.2, 0) is 10.8 Å². The molecule has 0 amide bonds. The summed E-state index contributed by atoms with van der Waals surface area (Å²) in [5.74, 6) is 0. The fourth-order valence-electron chi connectivity index (χ4n) is 4.16. The molecule has 1 N–H and O–H groups in total. The van der Waals surface area contributed by atoms with Gasteiger partial charge in [0.1, 0.15) is 0 Å². The van der Waals surface area contributed by atoms with Crippen molar-refractivity contribution in [3.63, 3.8) is 0 Å². The first-order valence-electron chi connectivity index (χ1n) is 9.27. The minimum atomic E-state index is 0.237. The zero-order valence-electron chi connectivity index (χ0n) is 15.7. The molecule has 0 atom stereocenters. The summed E-state index contributed by atoms with van der Waals surface area (Å²) in [7, 11) is 0. The third-order valence-corrected chi connectivity index (χ3v) is 5.92. The van der Waals surface area contributed by atoms with Crippen LogP contribution in [0.25, 0.3) is 10.8 Å². The summed E-state index contributed by atoms with van der Waals surface area (Å²) in [6, 6.07) is 21.9. The second-order valence-electron chi connectivity index (χ2n) is 8.68. The smallest absolute Gasteiger partial charge is 0.0463 e. The maximum absolute atomic E-state index is 3.66. The van der Waals surface area contributed by atoms with Gasteiger partial charge >= 0.3 is 0 Å². The van der Waals surface area contributed by atoms with Crippen molar-refractivity contribution in [2.24, 2.45) is 0 Å². The molecule has 0 aromatic heterocycles. The van der Waals surface area contributed by atoms with Gasteiger partial charge in [0.15, 0.2) is 0 Å². The number of hydrogen-bond acceptors (Lipinski definition) is 1. The molecular formula is C24H27N. The summed E-state index contributed by atoms with van der Waals surface area (Å²) in [6.45, 7) is 9.50. The van der Waals surface area contributed by atoms with Crippen molar-refractivity contribution >= 4 is 22.1 Å². The number of hydrogen-bond donors (Lipinski definition) is 1. The zero-order valence-corrected chi connectivity index (χ0v) is 15.7. The van der Waals surface area contributed by atoms with Gasteiger partial charge in [-0.2, -0.15) is 0 Å². The van der Waals surface area contributed by atoms with E-state index in [1.165, 1.54) is 46.1 Å². The van der Waals surface area contributed by atoms with Gasteiger partial charge in [0.25, 0.3) is 0 Å². The summed E-state index contributed by atoms with van der Waals surface area (Å²) < 4.78 is 0. The second kappa shape index (κ2) is 5.62. The monoisotopic (exact) mass is 329 g/mol. The largest absolute Gasteiger partial charge is 0.355 e. The molecular weight excluding hydrogens is 302 g/mol. The molecule has 25 heavy (non-hydrogen) atoms. The quantitative estimate of drug-likeness (QED) is 0.537. The Hall–Kier alpha value is -2.28. The predicted molar refractivity (Wildman–Crippen MR) is 109 cm³/mol. The standard InChI is InChI=1S/C24H27N/c1-23(2)14-15-24(3,4)21-16-18(12-13-20(21)23)25-22-11-7-9-17-8-5-6-10-19(17)22/h5-13,16,25H,14-15H2,1-4H3. The highest BCUT2D eigenvalue weighted by atomic mass is 14.9. The Kier molecular flexibility index (Phi) is 3.64. The summed E-state index contributed by atoms with van der Waals surface area (Å²) >= 11 is 0. The van der Waals surface area contributed by atoms with E-state index in [1.807, 2.05) is 0 Å². The lowest BCUT2D eigenvalue weighted by Gasteiger charge is -2.42. The fraction of sp³-hybridized carbons (Fsp3) is 0.333. The Labute approximate surface area is 151 Å². The third-order valence-electron chi connectivity index (χ3n) is 5.92. The molecule has 0 saturated heterocycles. The molecule has 1 aliphatic rings. The number of anilines is 2. The van der Waals surface area contributed by atoms with Crippen LogP contribution in [0.15, 0.2) is 60.7 Å². The highest BCUT2D eigenvalue weighted by Gasteiger charge is 2.36. The van der Waals surface area contributed by atoms with Crippen LogP contribution in [0.2, 0.25) is 0 Å². The molecule has 0 fully saturated rings. The highest BCUT2D eigenvalue weighted by molar-refractivity contribution is 5.95. The van der Waals surface area contributed by atoms with Gasteiger partial charge in [-0.25, -0.2) is 0 Å². The van der Waals surface area contributed by atoms with E-state index in [0.29, 0.717) is 0 Å². The molecule has 1 aliphatic carbocycles. The van der Waals surface area contributed by atoms with Crippen molar-refractivity contribution in [3.8, 4) is 0 Å². The van der Waals surface area contributed by atoms with Gasteiger partial charge in [0.2, 0.25) is 0 Å². The van der Waals surface area contributed by atoms with Crippen molar-refractivity contribution < 1.29 is 0 Å². The van der Waals surface area contributed by atoms with Gasteiger partial charge in [0.05, 0.1) is 0 Å². The van der Waals surface area contributed by atoms with E-state index in [1.54, 1.807) is 0 Å². The normalized spacial score (nSPS) is 17.9. The molecule has 0 aliphatic heterocycles. The average Bonchev–Trinajstić information content (AvgIpc) is 2.60. The number of benzene rings is 3. The summed E-state index contributed by atoms with van der Waals surface area (Å²) in [4.78, 5) is 0.